The molecular weight excluding hydrogens is 256 g/mol. The summed E-state index contributed by atoms with van der Waals surface area (Å²) in [6, 6.07) is 0. The van der Waals surface area contributed by atoms with Gasteiger partial charge in [-0.25, -0.2) is 0 Å². The monoisotopic (exact) mass is 290 g/mol. The fourth-order valence-corrected chi connectivity index (χ4v) is 5.87. The number of rotatable bonds is 4. The molecule has 1 nitrogen and oxygen atoms in total. The van der Waals surface area contributed by atoms with Crippen LogP contribution in [0.3, 0.4) is 0 Å². The van der Waals surface area contributed by atoms with Crippen molar-refractivity contribution in [1.29, 1.82) is 0 Å². The summed E-state index contributed by atoms with van der Waals surface area (Å²) >= 11 is 0. The molecule has 0 radical (unpaired) electrons. The smallest absolute Gasteiger partial charge is 0.123 e. The third kappa shape index (κ3) is 3.71. The van der Waals surface area contributed by atoms with Crippen LogP contribution in [0.5, 0.6) is 0 Å². The van der Waals surface area contributed by atoms with Gasteiger partial charge in [-0.05, 0) is 87.4 Å². The maximum absolute atomic E-state index is 10.9. The standard InChI is InChI=1S/C20H34O/c1-2-3-15-4-9-20-13-19(11-10-18(20)12-15)17-7-5-16(14-21)6-8-17/h14-20H,2-13H2,1H3/t15-,16?,17?,18+,19+,20+/m0/s1. The number of hydrogen-bond acceptors (Lipinski definition) is 1. The summed E-state index contributed by atoms with van der Waals surface area (Å²) in [6.07, 6.45) is 18.2. The molecule has 3 rings (SSSR count). The molecule has 0 aromatic rings. The average Bonchev–Trinajstić information content (AvgIpc) is 2.55. The van der Waals surface area contributed by atoms with Crippen molar-refractivity contribution in [2.45, 2.75) is 84.0 Å². The van der Waals surface area contributed by atoms with E-state index < -0.39 is 0 Å². The Kier molecular flexibility index (Phi) is 5.40. The van der Waals surface area contributed by atoms with Crippen LogP contribution in [-0.2, 0) is 4.79 Å². The lowest BCUT2D eigenvalue weighted by Crippen LogP contribution is -2.34. The van der Waals surface area contributed by atoms with Crippen molar-refractivity contribution in [3.63, 3.8) is 0 Å². The van der Waals surface area contributed by atoms with E-state index in [0.717, 1.165) is 29.6 Å². The minimum atomic E-state index is 0.391. The van der Waals surface area contributed by atoms with Crippen molar-refractivity contribution >= 4 is 6.29 Å². The third-order valence-corrected chi connectivity index (χ3v) is 7.13. The predicted octanol–water partition coefficient (Wildman–Crippen LogP) is 5.62. The highest BCUT2D eigenvalue weighted by atomic mass is 16.1. The summed E-state index contributed by atoms with van der Waals surface area (Å²) < 4.78 is 0. The Morgan fingerprint density at radius 3 is 2.00 bits per heavy atom. The number of carbonyl (C=O) groups is 1. The van der Waals surface area contributed by atoms with Crippen LogP contribution in [0, 0.1) is 35.5 Å². The Labute approximate surface area is 131 Å². The minimum Gasteiger partial charge on any atom is -0.303 e. The molecule has 4 atom stereocenters. The van der Waals surface area contributed by atoms with Crippen molar-refractivity contribution in [2.24, 2.45) is 35.5 Å². The van der Waals surface area contributed by atoms with Crippen LogP contribution in [0.4, 0.5) is 0 Å². The maximum atomic E-state index is 10.9. The van der Waals surface area contributed by atoms with Crippen molar-refractivity contribution in [3.05, 3.63) is 0 Å². The van der Waals surface area contributed by atoms with Gasteiger partial charge in [-0.3, -0.25) is 0 Å². The van der Waals surface area contributed by atoms with Crippen molar-refractivity contribution in [1.82, 2.24) is 0 Å². The third-order valence-electron chi connectivity index (χ3n) is 7.13. The van der Waals surface area contributed by atoms with Crippen LogP contribution in [0.15, 0.2) is 0 Å². The quantitative estimate of drug-likeness (QED) is 0.614. The van der Waals surface area contributed by atoms with Gasteiger partial charge >= 0.3 is 0 Å². The SMILES string of the molecule is CCC[C@H]1CC[C@@H]2C[C@H](C3CCC(C=O)CC3)CC[C@@H]2C1. The Morgan fingerprint density at radius 2 is 1.33 bits per heavy atom. The van der Waals surface area contributed by atoms with Gasteiger partial charge in [0.05, 0.1) is 0 Å². The molecule has 3 saturated carbocycles. The summed E-state index contributed by atoms with van der Waals surface area (Å²) in [7, 11) is 0. The lowest BCUT2D eigenvalue weighted by Gasteiger charge is -2.45. The molecule has 0 unspecified atom stereocenters. The van der Waals surface area contributed by atoms with Gasteiger partial charge in [0.15, 0.2) is 0 Å². The molecule has 0 aromatic heterocycles. The lowest BCUT2D eigenvalue weighted by atomic mass is 9.60. The van der Waals surface area contributed by atoms with Gasteiger partial charge in [0, 0.05) is 5.92 Å². The van der Waals surface area contributed by atoms with Crippen LogP contribution >= 0.6 is 0 Å². The van der Waals surface area contributed by atoms with Crippen molar-refractivity contribution < 1.29 is 4.79 Å². The first kappa shape index (κ1) is 15.6. The van der Waals surface area contributed by atoms with E-state index in [1.165, 1.54) is 76.9 Å². The van der Waals surface area contributed by atoms with Gasteiger partial charge in [-0.2, -0.15) is 0 Å². The molecule has 0 saturated heterocycles. The van der Waals surface area contributed by atoms with Gasteiger partial charge < -0.3 is 4.79 Å². The fraction of sp³-hybridized carbons (Fsp3) is 0.950. The van der Waals surface area contributed by atoms with Crippen LogP contribution < -0.4 is 0 Å². The maximum Gasteiger partial charge on any atom is 0.123 e. The van der Waals surface area contributed by atoms with E-state index in [1.807, 2.05) is 0 Å². The van der Waals surface area contributed by atoms with Gasteiger partial charge in [0.1, 0.15) is 6.29 Å². The topological polar surface area (TPSA) is 17.1 Å². The fourth-order valence-electron chi connectivity index (χ4n) is 5.87. The van der Waals surface area contributed by atoms with E-state index >= 15 is 0 Å². The zero-order valence-electron chi connectivity index (χ0n) is 13.9. The minimum absolute atomic E-state index is 0.391. The molecule has 0 N–H and O–H groups in total. The van der Waals surface area contributed by atoms with Gasteiger partial charge in [0.25, 0.3) is 0 Å². The molecule has 3 fully saturated rings. The Bertz CT molecular complexity index is 329. The molecular formula is C20H34O. The molecule has 21 heavy (non-hydrogen) atoms. The lowest BCUT2D eigenvalue weighted by molar-refractivity contribution is -0.112. The second-order valence-corrected chi connectivity index (χ2v) is 8.37. The van der Waals surface area contributed by atoms with Crippen molar-refractivity contribution in [2.75, 3.05) is 0 Å². The first-order valence-corrected chi connectivity index (χ1v) is 9.75. The van der Waals surface area contributed by atoms with Crippen molar-refractivity contribution in [3.8, 4) is 0 Å². The molecule has 0 aromatic carbocycles. The molecule has 0 spiro atoms. The first-order valence-electron chi connectivity index (χ1n) is 9.75. The molecule has 0 heterocycles. The van der Waals surface area contributed by atoms with E-state index in [0.29, 0.717) is 5.92 Å². The van der Waals surface area contributed by atoms with Crippen LogP contribution in [-0.4, -0.2) is 6.29 Å². The summed E-state index contributed by atoms with van der Waals surface area (Å²) in [5, 5.41) is 0. The zero-order valence-corrected chi connectivity index (χ0v) is 13.9. The zero-order chi connectivity index (χ0) is 14.7. The van der Waals surface area contributed by atoms with E-state index in [9.17, 15) is 4.79 Å². The van der Waals surface area contributed by atoms with Crippen LogP contribution in [0.1, 0.15) is 84.0 Å². The number of aldehydes is 1. The second kappa shape index (κ2) is 7.29. The Morgan fingerprint density at radius 1 is 0.762 bits per heavy atom. The van der Waals surface area contributed by atoms with E-state index in [2.05, 4.69) is 6.92 Å². The second-order valence-electron chi connectivity index (χ2n) is 8.37. The molecule has 120 valence electrons. The molecule has 3 aliphatic carbocycles. The molecule has 3 aliphatic rings. The number of fused-ring (bicyclic) bond motifs is 1. The molecule has 0 aliphatic heterocycles. The summed E-state index contributed by atoms with van der Waals surface area (Å²) in [6.45, 7) is 2.35. The van der Waals surface area contributed by atoms with E-state index in [-0.39, 0.29) is 0 Å². The largest absolute Gasteiger partial charge is 0.303 e. The number of carbonyl (C=O) groups excluding carboxylic acids is 1. The highest BCUT2D eigenvalue weighted by Crippen LogP contribution is 2.49. The summed E-state index contributed by atoms with van der Waals surface area (Å²) in [5.74, 6) is 5.52. The highest BCUT2D eigenvalue weighted by Gasteiger charge is 2.38. The Balaban J connectivity index is 1.48. The van der Waals surface area contributed by atoms with E-state index in [4.69, 9.17) is 0 Å². The Hall–Kier alpha value is -0.330. The van der Waals surface area contributed by atoms with Gasteiger partial charge in [0.2, 0.25) is 0 Å². The van der Waals surface area contributed by atoms with E-state index in [1.54, 1.807) is 6.42 Å². The van der Waals surface area contributed by atoms with Gasteiger partial charge in [-0.1, -0.05) is 26.2 Å². The molecule has 0 amide bonds. The summed E-state index contributed by atoms with van der Waals surface area (Å²) in [4.78, 5) is 10.9. The average molecular weight is 290 g/mol. The van der Waals surface area contributed by atoms with Gasteiger partial charge in [-0.15, -0.1) is 0 Å². The van der Waals surface area contributed by atoms with Crippen LogP contribution in [0.25, 0.3) is 0 Å². The number of hydrogen-bond donors (Lipinski definition) is 0. The molecule has 1 heteroatoms. The summed E-state index contributed by atoms with van der Waals surface area (Å²) in [5.41, 5.74) is 0. The first-order chi connectivity index (χ1) is 10.3. The molecule has 0 bridgehead atoms. The normalized spacial score (nSPS) is 44.0. The van der Waals surface area contributed by atoms with Crippen LogP contribution in [0.2, 0.25) is 0 Å². The highest BCUT2D eigenvalue weighted by molar-refractivity contribution is 5.53. The predicted molar refractivity (Wildman–Crippen MR) is 88.1 cm³/mol.